The van der Waals surface area contributed by atoms with Gasteiger partial charge in [0.25, 0.3) is 0 Å². The standard InChI is InChI=1S/C21H21ClN4OS2/c1-2-16-19(13-3-5-15(22)6-4-13)20(23)25-21(24-16)29-12-18(27)26-9-7-17-14(11-26)8-10-28-17/h3-6,8,10H,2,7,9,11-12H2,1H3,(H2,23,24,25). The number of nitrogen functional groups attached to an aromatic ring is 1. The number of amides is 1. The number of rotatable bonds is 5. The Hall–Kier alpha value is -2.09. The van der Waals surface area contributed by atoms with Gasteiger partial charge in [-0.25, -0.2) is 9.97 Å². The van der Waals surface area contributed by atoms with Crippen LogP contribution in [-0.2, 0) is 24.2 Å². The fraction of sp³-hybridized carbons (Fsp3) is 0.286. The fourth-order valence-corrected chi connectivity index (χ4v) is 5.22. The molecule has 150 valence electrons. The first-order valence-corrected chi connectivity index (χ1v) is 11.7. The van der Waals surface area contributed by atoms with Crippen LogP contribution in [0.4, 0.5) is 5.82 Å². The second-order valence-corrected chi connectivity index (χ2v) is 9.18. The van der Waals surface area contributed by atoms with Crippen LogP contribution in [0.2, 0.25) is 5.02 Å². The van der Waals surface area contributed by atoms with Crippen molar-refractivity contribution in [3.05, 3.63) is 56.9 Å². The number of aromatic nitrogens is 2. The summed E-state index contributed by atoms with van der Waals surface area (Å²) in [7, 11) is 0. The van der Waals surface area contributed by atoms with Crippen LogP contribution in [-0.4, -0.2) is 33.1 Å². The summed E-state index contributed by atoms with van der Waals surface area (Å²) < 4.78 is 0. The van der Waals surface area contributed by atoms with Gasteiger partial charge in [0, 0.05) is 28.6 Å². The van der Waals surface area contributed by atoms with Crippen molar-refractivity contribution in [1.29, 1.82) is 0 Å². The number of carbonyl (C=O) groups excluding carboxylic acids is 1. The lowest BCUT2D eigenvalue weighted by atomic mass is 10.0. The van der Waals surface area contributed by atoms with E-state index in [1.54, 1.807) is 11.3 Å². The molecule has 2 aromatic heterocycles. The minimum Gasteiger partial charge on any atom is -0.383 e. The van der Waals surface area contributed by atoms with Crippen LogP contribution >= 0.6 is 34.7 Å². The van der Waals surface area contributed by atoms with Crippen LogP contribution in [0.5, 0.6) is 0 Å². The molecule has 5 nitrogen and oxygen atoms in total. The number of nitrogens with zero attached hydrogens (tertiary/aromatic N) is 3. The number of benzene rings is 1. The van der Waals surface area contributed by atoms with Gasteiger partial charge in [0.05, 0.1) is 11.4 Å². The molecule has 4 rings (SSSR count). The predicted octanol–water partition coefficient (Wildman–Crippen LogP) is 4.68. The Kier molecular flexibility index (Phi) is 6.08. The highest BCUT2D eigenvalue weighted by Crippen LogP contribution is 2.31. The number of anilines is 1. The van der Waals surface area contributed by atoms with Gasteiger partial charge in [-0.3, -0.25) is 4.79 Å². The Bertz CT molecular complexity index is 1040. The highest BCUT2D eigenvalue weighted by atomic mass is 35.5. The van der Waals surface area contributed by atoms with Gasteiger partial charge in [-0.15, -0.1) is 11.3 Å². The maximum absolute atomic E-state index is 12.7. The summed E-state index contributed by atoms with van der Waals surface area (Å²) in [6.07, 6.45) is 1.65. The normalized spacial score (nSPS) is 13.4. The molecule has 29 heavy (non-hydrogen) atoms. The Balaban J connectivity index is 1.47. The second kappa shape index (κ2) is 8.73. The molecule has 3 heterocycles. The molecule has 1 aliphatic heterocycles. The van der Waals surface area contributed by atoms with Crippen molar-refractivity contribution in [3.8, 4) is 11.1 Å². The number of aryl methyl sites for hydroxylation is 1. The highest BCUT2D eigenvalue weighted by molar-refractivity contribution is 7.99. The van der Waals surface area contributed by atoms with Gasteiger partial charge >= 0.3 is 0 Å². The lowest BCUT2D eigenvalue weighted by molar-refractivity contribution is -0.129. The van der Waals surface area contributed by atoms with E-state index in [0.717, 1.165) is 36.2 Å². The van der Waals surface area contributed by atoms with Crippen LogP contribution in [0.15, 0.2) is 40.9 Å². The number of carbonyl (C=O) groups is 1. The third-order valence-electron chi connectivity index (χ3n) is 4.94. The van der Waals surface area contributed by atoms with E-state index in [9.17, 15) is 4.79 Å². The molecule has 0 radical (unpaired) electrons. The summed E-state index contributed by atoms with van der Waals surface area (Å²) in [4.78, 5) is 25.1. The van der Waals surface area contributed by atoms with Crippen molar-refractivity contribution in [2.75, 3.05) is 18.0 Å². The van der Waals surface area contributed by atoms with E-state index in [1.807, 2.05) is 36.1 Å². The largest absolute Gasteiger partial charge is 0.383 e. The molecule has 0 saturated carbocycles. The summed E-state index contributed by atoms with van der Waals surface area (Å²) in [5.41, 5.74) is 10.2. The highest BCUT2D eigenvalue weighted by Gasteiger charge is 2.22. The van der Waals surface area contributed by atoms with Crippen molar-refractivity contribution in [3.63, 3.8) is 0 Å². The zero-order valence-electron chi connectivity index (χ0n) is 16.0. The van der Waals surface area contributed by atoms with Crippen LogP contribution < -0.4 is 5.73 Å². The number of fused-ring (bicyclic) bond motifs is 1. The number of nitrogens with two attached hydrogens (primary N) is 1. The Labute approximate surface area is 183 Å². The van der Waals surface area contributed by atoms with Crippen molar-refractivity contribution in [1.82, 2.24) is 14.9 Å². The van der Waals surface area contributed by atoms with E-state index < -0.39 is 0 Å². The summed E-state index contributed by atoms with van der Waals surface area (Å²) >= 11 is 9.11. The van der Waals surface area contributed by atoms with Gasteiger partial charge in [0.15, 0.2) is 5.16 Å². The number of thiophene rings is 1. The number of halogens is 1. The van der Waals surface area contributed by atoms with Crippen LogP contribution in [0, 0.1) is 0 Å². The quantitative estimate of drug-likeness (QED) is 0.457. The van der Waals surface area contributed by atoms with Crippen LogP contribution in [0.25, 0.3) is 11.1 Å². The van der Waals surface area contributed by atoms with E-state index in [4.69, 9.17) is 17.3 Å². The van der Waals surface area contributed by atoms with Crippen molar-refractivity contribution in [2.24, 2.45) is 0 Å². The third-order valence-corrected chi connectivity index (χ3v) is 7.05. The molecule has 0 spiro atoms. The molecule has 0 atom stereocenters. The minimum atomic E-state index is 0.105. The van der Waals surface area contributed by atoms with Gasteiger partial charge in [-0.2, -0.15) is 0 Å². The Morgan fingerprint density at radius 2 is 2.07 bits per heavy atom. The van der Waals surface area contributed by atoms with E-state index in [2.05, 4.69) is 21.4 Å². The molecule has 0 bridgehead atoms. The molecule has 0 saturated heterocycles. The van der Waals surface area contributed by atoms with Gasteiger partial charge < -0.3 is 10.6 Å². The number of hydrogen-bond acceptors (Lipinski definition) is 6. The molecule has 1 amide bonds. The third kappa shape index (κ3) is 4.42. The first-order valence-electron chi connectivity index (χ1n) is 9.43. The monoisotopic (exact) mass is 444 g/mol. The maximum Gasteiger partial charge on any atom is 0.233 e. The van der Waals surface area contributed by atoms with Crippen LogP contribution in [0.3, 0.4) is 0 Å². The van der Waals surface area contributed by atoms with Gasteiger partial charge in [-0.1, -0.05) is 42.4 Å². The SMILES string of the molecule is CCc1nc(SCC(=O)N2CCc3sccc3C2)nc(N)c1-c1ccc(Cl)cc1. The van der Waals surface area contributed by atoms with Gasteiger partial charge in [0.2, 0.25) is 5.91 Å². The average Bonchev–Trinajstić information content (AvgIpc) is 3.20. The summed E-state index contributed by atoms with van der Waals surface area (Å²) in [5.74, 6) is 0.839. The second-order valence-electron chi connectivity index (χ2n) is 6.80. The van der Waals surface area contributed by atoms with Crippen LogP contribution in [0.1, 0.15) is 23.1 Å². The molecule has 1 aromatic carbocycles. The zero-order valence-corrected chi connectivity index (χ0v) is 18.4. The smallest absolute Gasteiger partial charge is 0.233 e. The van der Waals surface area contributed by atoms with Crippen molar-refractivity contribution < 1.29 is 4.79 Å². The lowest BCUT2D eigenvalue weighted by Crippen LogP contribution is -2.36. The average molecular weight is 445 g/mol. The molecule has 1 aliphatic rings. The molecule has 0 unspecified atom stereocenters. The molecule has 2 N–H and O–H groups in total. The van der Waals surface area contributed by atoms with Crippen molar-refractivity contribution >= 4 is 46.4 Å². The number of hydrogen-bond donors (Lipinski definition) is 1. The van der Waals surface area contributed by atoms with Crippen molar-refractivity contribution in [2.45, 2.75) is 31.5 Å². The predicted molar refractivity (Wildman–Crippen MR) is 120 cm³/mol. The molecule has 8 heteroatoms. The summed E-state index contributed by atoms with van der Waals surface area (Å²) in [6.45, 7) is 3.50. The first kappa shape index (κ1) is 20.2. The molecule has 0 fully saturated rings. The topological polar surface area (TPSA) is 72.1 Å². The Morgan fingerprint density at radius 1 is 1.28 bits per heavy atom. The van der Waals surface area contributed by atoms with E-state index in [-0.39, 0.29) is 5.91 Å². The summed E-state index contributed by atoms with van der Waals surface area (Å²) in [6, 6.07) is 9.60. The first-order chi connectivity index (χ1) is 14.0. The zero-order chi connectivity index (χ0) is 20.4. The minimum absolute atomic E-state index is 0.105. The molecular weight excluding hydrogens is 424 g/mol. The van der Waals surface area contributed by atoms with Gasteiger partial charge in [0.1, 0.15) is 5.82 Å². The lowest BCUT2D eigenvalue weighted by Gasteiger charge is -2.26. The van der Waals surface area contributed by atoms with E-state index in [1.165, 1.54) is 22.2 Å². The number of thioether (sulfide) groups is 1. The molecular formula is C21H21ClN4OS2. The fourth-order valence-electron chi connectivity index (χ4n) is 3.43. The van der Waals surface area contributed by atoms with E-state index in [0.29, 0.717) is 28.3 Å². The maximum atomic E-state index is 12.7. The van der Waals surface area contributed by atoms with E-state index >= 15 is 0 Å². The Morgan fingerprint density at radius 3 is 2.83 bits per heavy atom. The van der Waals surface area contributed by atoms with Gasteiger partial charge in [-0.05, 0) is 47.5 Å². The summed E-state index contributed by atoms with van der Waals surface area (Å²) in [5, 5.41) is 3.31. The molecule has 0 aliphatic carbocycles. The molecule has 3 aromatic rings.